The summed E-state index contributed by atoms with van der Waals surface area (Å²) in [6, 6.07) is 8.33. The van der Waals surface area contributed by atoms with Crippen molar-refractivity contribution < 1.29 is 4.79 Å². The molecule has 0 bridgehead atoms. The van der Waals surface area contributed by atoms with E-state index in [1.54, 1.807) is 11.3 Å². The topological polar surface area (TPSA) is 36.4 Å². The molecule has 2 aromatic heterocycles. The maximum atomic E-state index is 12.5. The third-order valence-corrected chi connectivity index (χ3v) is 6.01. The van der Waals surface area contributed by atoms with E-state index >= 15 is 0 Å². The quantitative estimate of drug-likeness (QED) is 0.869. The second-order valence-electron chi connectivity index (χ2n) is 6.86. The van der Waals surface area contributed by atoms with Gasteiger partial charge in [-0.05, 0) is 49.7 Å². The van der Waals surface area contributed by atoms with E-state index in [9.17, 15) is 4.79 Å². The lowest BCUT2D eigenvalue weighted by molar-refractivity contribution is -0.117. The summed E-state index contributed by atoms with van der Waals surface area (Å²) in [5.74, 6) is 0.289. The number of aryl methyl sites for hydroxylation is 1. The van der Waals surface area contributed by atoms with Crippen LogP contribution in [-0.2, 0) is 11.3 Å². The van der Waals surface area contributed by atoms with Gasteiger partial charge in [0.25, 0.3) is 0 Å². The number of thiophene rings is 1. The molecule has 1 spiro atoms. The van der Waals surface area contributed by atoms with E-state index in [-0.39, 0.29) is 11.3 Å². The third-order valence-electron chi connectivity index (χ3n) is 4.99. The van der Waals surface area contributed by atoms with Gasteiger partial charge in [-0.3, -0.25) is 14.7 Å². The average Bonchev–Trinajstić information content (AvgIpc) is 3.21. The summed E-state index contributed by atoms with van der Waals surface area (Å²) in [6.07, 6.45) is 5.50. The molecule has 0 N–H and O–H groups in total. The number of rotatable bonds is 3. The first-order valence-electron chi connectivity index (χ1n) is 8.12. The van der Waals surface area contributed by atoms with Crippen LogP contribution in [0, 0.1) is 12.3 Å². The molecule has 0 aliphatic carbocycles. The predicted molar refractivity (Wildman–Crippen MR) is 92.6 cm³/mol. The van der Waals surface area contributed by atoms with Crippen molar-refractivity contribution in [3.8, 4) is 0 Å². The lowest BCUT2D eigenvalue weighted by atomic mass is 9.86. The minimum Gasteiger partial charge on any atom is -0.303 e. The number of carbonyl (C=O) groups is 1. The van der Waals surface area contributed by atoms with Crippen LogP contribution in [0.25, 0.3) is 0 Å². The number of hydrogen-bond donors (Lipinski definition) is 0. The monoisotopic (exact) mass is 327 g/mol. The highest BCUT2D eigenvalue weighted by molar-refractivity contribution is 7.16. The molecule has 120 valence electrons. The molecule has 2 fully saturated rings. The summed E-state index contributed by atoms with van der Waals surface area (Å²) in [6.45, 7) is 6.01. The molecule has 1 amide bonds. The van der Waals surface area contributed by atoms with Gasteiger partial charge in [0.1, 0.15) is 0 Å². The van der Waals surface area contributed by atoms with Crippen LogP contribution in [0.3, 0.4) is 0 Å². The van der Waals surface area contributed by atoms with E-state index in [4.69, 9.17) is 0 Å². The molecule has 23 heavy (non-hydrogen) atoms. The lowest BCUT2D eigenvalue weighted by Crippen LogP contribution is -2.30. The smallest absolute Gasteiger partial charge is 0.228 e. The Morgan fingerprint density at radius 2 is 2.04 bits per heavy atom. The second kappa shape index (κ2) is 5.73. The van der Waals surface area contributed by atoms with Crippen molar-refractivity contribution in [2.75, 3.05) is 24.5 Å². The van der Waals surface area contributed by atoms with Crippen molar-refractivity contribution in [1.29, 1.82) is 0 Å². The Labute approximate surface area is 140 Å². The predicted octanol–water partition coefficient (Wildman–Crippen LogP) is 3.08. The fourth-order valence-electron chi connectivity index (χ4n) is 3.85. The fraction of sp³-hybridized carbons (Fsp3) is 0.444. The van der Waals surface area contributed by atoms with Crippen LogP contribution >= 0.6 is 11.3 Å². The van der Waals surface area contributed by atoms with Gasteiger partial charge in [0.05, 0.1) is 5.00 Å². The maximum absolute atomic E-state index is 12.5. The molecule has 2 saturated heterocycles. The number of likely N-dealkylation sites (tertiary alicyclic amines) is 1. The minimum absolute atomic E-state index is 0.141. The van der Waals surface area contributed by atoms with Crippen molar-refractivity contribution in [2.24, 2.45) is 5.41 Å². The van der Waals surface area contributed by atoms with Crippen molar-refractivity contribution in [3.63, 3.8) is 0 Å². The zero-order valence-corrected chi connectivity index (χ0v) is 14.2. The van der Waals surface area contributed by atoms with Crippen LogP contribution in [0.1, 0.15) is 23.3 Å². The van der Waals surface area contributed by atoms with Crippen molar-refractivity contribution in [2.45, 2.75) is 26.3 Å². The van der Waals surface area contributed by atoms with Gasteiger partial charge in [-0.2, -0.15) is 0 Å². The normalized spacial score (nSPS) is 24.9. The first kappa shape index (κ1) is 14.8. The molecule has 0 radical (unpaired) electrons. The molecule has 0 saturated carbocycles. The summed E-state index contributed by atoms with van der Waals surface area (Å²) in [4.78, 5) is 22.3. The van der Waals surface area contributed by atoms with E-state index in [1.165, 1.54) is 10.4 Å². The number of anilines is 1. The fourth-order valence-corrected chi connectivity index (χ4v) is 4.72. The Kier molecular flexibility index (Phi) is 3.70. The van der Waals surface area contributed by atoms with Crippen molar-refractivity contribution >= 4 is 22.2 Å². The summed E-state index contributed by atoms with van der Waals surface area (Å²) in [5, 5.41) is 1.11. The highest BCUT2D eigenvalue weighted by Crippen LogP contribution is 2.43. The van der Waals surface area contributed by atoms with E-state index < -0.39 is 0 Å². The Hall–Kier alpha value is -1.72. The van der Waals surface area contributed by atoms with Crippen LogP contribution in [-0.4, -0.2) is 35.4 Å². The van der Waals surface area contributed by atoms with Gasteiger partial charge in [0.2, 0.25) is 5.91 Å². The molecule has 5 heteroatoms. The van der Waals surface area contributed by atoms with Crippen LogP contribution in [0.4, 0.5) is 5.00 Å². The van der Waals surface area contributed by atoms with E-state index in [0.717, 1.165) is 37.6 Å². The number of aromatic nitrogens is 1. The highest BCUT2D eigenvalue weighted by Gasteiger charge is 2.47. The molecule has 1 atom stereocenters. The minimum atomic E-state index is 0.141. The molecule has 2 aliphatic rings. The molecule has 2 aliphatic heterocycles. The van der Waals surface area contributed by atoms with Gasteiger partial charge >= 0.3 is 0 Å². The van der Waals surface area contributed by atoms with Crippen molar-refractivity contribution in [1.82, 2.24) is 9.88 Å². The number of carbonyl (C=O) groups excluding carboxylic acids is 1. The summed E-state index contributed by atoms with van der Waals surface area (Å²) >= 11 is 1.72. The lowest BCUT2D eigenvalue weighted by Gasteiger charge is -2.23. The van der Waals surface area contributed by atoms with Gasteiger partial charge < -0.3 is 4.90 Å². The van der Waals surface area contributed by atoms with E-state index in [0.29, 0.717) is 6.42 Å². The van der Waals surface area contributed by atoms with Crippen LogP contribution in [0.5, 0.6) is 0 Å². The number of nitrogens with zero attached hydrogens (tertiary/aromatic N) is 3. The standard InChI is InChI=1S/C18H21N3OS/c1-14-2-3-17(23-14)21-13-18(10-16(21)22)6-9-20(12-18)11-15-4-7-19-8-5-15/h2-5,7-8H,6,9-13H2,1H3/t18-/m0/s1. The molecule has 0 unspecified atom stereocenters. The summed E-state index contributed by atoms with van der Waals surface area (Å²) < 4.78 is 0. The maximum Gasteiger partial charge on any atom is 0.228 e. The molecular formula is C18H21N3OS. The largest absolute Gasteiger partial charge is 0.303 e. The molecule has 4 nitrogen and oxygen atoms in total. The Morgan fingerprint density at radius 1 is 1.22 bits per heavy atom. The van der Waals surface area contributed by atoms with E-state index in [2.05, 4.69) is 41.1 Å². The van der Waals surface area contributed by atoms with Gasteiger partial charge in [-0.15, -0.1) is 11.3 Å². The zero-order valence-electron chi connectivity index (χ0n) is 13.4. The number of pyridine rings is 1. The van der Waals surface area contributed by atoms with E-state index in [1.807, 2.05) is 17.3 Å². The SMILES string of the molecule is Cc1ccc(N2C[C@@]3(CCN(Cc4ccncc4)C3)CC2=O)s1. The summed E-state index contributed by atoms with van der Waals surface area (Å²) in [7, 11) is 0. The summed E-state index contributed by atoms with van der Waals surface area (Å²) in [5.41, 5.74) is 1.44. The van der Waals surface area contributed by atoms with Gasteiger partial charge in [-0.1, -0.05) is 0 Å². The van der Waals surface area contributed by atoms with Crippen LogP contribution < -0.4 is 4.90 Å². The van der Waals surface area contributed by atoms with Crippen molar-refractivity contribution in [3.05, 3.63) is 47.1 Å². The molecule has 2 aromatic rings. The number of hydrogen-bond acceptors (Lipinski definition) is 4. The zero-order chi connectivity index (χ0) is 15.9. The molecule has 4 heterocycles. The number of amides is 1. The Bertz CT molecular complexity index is 714. The molecular weight excluding hydrogens is 306 g/mol. The highest BCUT2D eigenvalue weighted by atomic mass is 32.1. The van der Waals surface area contributed by atoms with Crippen LogP contribution in [0.2, 0.25) is 0 Å². The van der Waals surface area contributed by atoms with Gasteiger partial charge in [0, 0.05) is 48.7 Å². The Balaban J connectivity index is 1.45. The second-order valence-corrected chi connectivity index (χ2v) is 8.12. The van der Waals surface area contributed by atoms with Crippen LogP contribution in [0.15, 0.2) is 36.7 Å². The first-order valence-corrected chi connectivity index (χ1v) is 8.93. The molecule has 4 rings (SSSR count). The Morgan fingerprint density at radius 3 is 2.78 bits per heavy atom. The third kappa shape index (κ3) is 2.91. The van der Waals surface area contributed by atoms with Gasteiger partial charge in [0.15, 0.2) is 0 Å². The first-order chi connectivity index (χ1) is 11.1. The average molecular weight is 327 g/mol. The molecule has 0 aromatic carbocycles. The van der Waals surface area contributed by atoms with Gasteiger partial charge in [-0.25, -0.2) is 0 Å².